The van der Waals surface area contributed by atoms with Gasteiger partial charge in [-0.15, -0.1) is 0 Å². The number of rotatable bonds is 5. The van der Waals surface area contributed by atoms with E-state index in [9.17, 15) is 9.59 Å². The molecule has 0 fully saturated rings. The monoisotopic (exact) mass is 277 g/mol. The van der Waals surface area contributed by atoms with Crippen molar-refractivity contribution in [3.05, 3.63) is 29.8 Å². The van der Waals surface area contributed by atoms with E-state index < -0.39 is 6.10 Å². The fraction of sp³-hybridized carbons (Fsp3) is 0.467. The average molecular weight is 277 g/mol. The molecule has 1 aliphatic rings. The summed E-state index contributed by atoms with van der Waals surface area (Å²) < 4.78 is 10.8. The van der Waals surface area contributed by atoms with E-state index in [-0.39, 0.29) is 24.4 Å². The predicted molar refractivity (Wildman–Crippen MR) is 73.5 cm³/mol. The molecule has 108 valence electrons. The normalized spacial score (nSPS) is 19.9. The molecule has 0 radical (unpaired) electrons. The van der Waals surface area contributed by atoms with E-state index in [1.807, 2.05) is 31.2 Å². The number of nitrogens with one attached hydrogen (secondary N) is 1. The van der Waals surface area contributed by atoms with Crippen LogP contribution in [0.1, 0.15) is 31.7 Å². The van der Waals surface area contributed by atoms with Gasteiger partial charge in [-0.25, -0.2) is 4.79 Å². The second-order valence-corrected chi connectivity index (χ2v) is 4.87. The highest BCUT2D eigenvalue weighted by Gasteiger charge is 2.37. The molecule has 1 amide bonds. The largest absolute Gasteiger partial charge is 0.478 e. The van der Waals surface area contributed by atoms with Gasteiger partial charge in [-0.05, 0) is 12.5 Å². The summed E-state index contributed by atoms with van der Waals surface area (Å²) in [6.07, 6.45) is 0.0208. The van der Waals surface area contributed by atoms with Gasteiger partial charge >= 0.3 is 5.97 Å². The van der Waals surface area contributed by atoms with Crippen molar-refractivity contribution in [1.82, 2.24) is 5.32 Å². The Kier molecular flexibility index (Phi) is 4.61. The van der Waals surface area contributed by atoms with Gasteiger partial charge in [-0.2, -0.15) is 0 Å². The molecule has 5 heteroatoms. The molecule has 0 spiro atoms. The second kappa shape index (κ2) is 6.41. The Hall–Kier alpha value is -2.04. The van der Waals surface area contributed by atoms with Crippen molar-refractivity contribution in [3.63, 3.8) is 0 Å². The van der Waals surface area contributed by atoms with E-state index in [2.05, 4.69) is 5.32 Å². The van der Waals surface area contributed by atoms with Crippen LogP contribution in [0.3, 0.4) is 0 Å². The van der Waals surface area contributed by atoms with Crippen molar-refractivity contribution >= 4 is 11.9 Å². The molecule has 0 saturated heterocycles. The maximum absolute atomic E-state index is 12.0. The minimum Gasteiger partial charge on any atom is -0.478 e. The SMILES string of the molecule is CC(=O)NCCCOC(=O)C1Oc2ccccc2C1C. The van der Waals surface area contributed by atoms with Crippen LogP contribution in [-0.2, 0) is 14.3 Å². The van der Waals surface area contributed by atoms with Gasteiger partial charge in [-0.1, -0.05) is 25.1 Å². The number of hydrogen-bond acceptors (Lipinski definition) is 4. The second-order valence-electron chi connectivity index (χ2n) is 4.87. The molecule has 1 aliphatic heterocycles. The Bertz CT molecular complexity index is 500. The van der Waals surface area contributed by atoms with Crippen molar-refractivity contribution in [3.8, 4) is 5.75 Å². The summed E-state index contributed by atoms with van der Waals surface area (Å²) in [5, 5.41) is 2.65. The number of benzene rings is 1. The molecule has 20 heavy (non-hydrogen) atoms. The van der Waals surface area contributed by atoms with Crippen molar-refractivity contribution in [2.45, 2.75) is 32.3 Å². The van der Waals surface area contributed by atoms with Crippen molar-refractivity contribution in [1.29, 1.82) is 0 Å². The van der Waals surface area contributed by atoms with Crippen molar-refractivity contribution in [2.75, 3.05) is 13.2 Å². The highest BCUT2D eigenvalue weighted by atomic mass is 16.6. The Labute approximate surface area is 118 Å². The quantitative estimate of drug-likeness (QED) is 0.656. The molecule has 1 heterocycles. The van der Waals surface area contributed by atoms with E-state index in [1.54, 1.807) is 0 Å². The van der Waals surface area contributed by atoms with Gasteiger partial charge < -0.3 is 14.8 Å². The lowest BCUT2D eigenvalue weighted by Gasteiger charge is -2.14. The van der Waals surface area contributed by atoms with Crippen LogP contribution >= 0.6 is 0 Å². The van der Waals surface area contributed by atoms with E-state index in [0.29, 0.717) is 13.0 Å². The van der Waals surface area contributed by atoms with Gasteiger partial charge in [0.05, 0.1) is 6.61 Å². The van der Waals surface area contributed by atoms with Gasteiger partial charge in [0.15, 0.2) is 0 Å². The molecule has 1 aromatic carbocycles. The fourth-order valence-electron chi connectivity index (χ4n) is 2.21. The summed E-state index contributed by atoms with van der Waals surface area (Å²) in [5.74, 6) is 0.310. The first-order chi connectivity index (χ1) is 9.59. The minimum absolute atomic E-state index is 0.00551. The first kappa shape index (κ1) is 14.4. The summed E-state index contributed by atoms with van der Waals surface area (Å²) in [7, 11) is 0. The van der Waals surface area contributed by atoms with Crippen LogP contribution < -0.4 is 10.1 Å². The topological polar surface area (TPSA) is 64.6 Å². The third-order valence-electron chi connectivity index (χ3n) is 3.29. The van der Waals surface area contributed by atoms with Gasteiger partial charge in [0.1, 0.15) is 5.75 Å². The number of amides is 1. The standard InChI is InChI=1S/C15H19NO4/c1-10-12-6-3-4-7-13(12)20-14(10)15(18)19-9-5-8-16-11(2)17/h3-4,6-7,10,14H,5,8-9H2,1-2H3,(H,16,17). The molecule has 0 aliphatic carbocycles. The summed E-state index contributed by atoms with van der Waals surface area (Å²) >= 11 is 0. The van der Waals surface area contributed by atoms with Crippen LogP contribution in [0.15, 0.2) is 24.3 Å². The van der Waals surface area contributed by atoms with Crippen LogP contribution in [0.5, 0.6) is 5.75 Å². The van der Waals surface area contributed by atoms with E-state index in [0.717, 1.165) is 11.3 Å². The third-order valence-corrected chi connectivity index (χ3v) is 3.29. The fourth-order valence-corrected chi connectivity index (χ4v) is 2.21. The summed E-state index contributed by atoms with van der Waals surface area (Å²) in [4.78, 5) is 22.7. The number of carbonyl (C=O) groups is 2. The Morgan fingerprint density at radius 1 is 1.35 bits per heavy atom. The van der Waals surface area contributed by atoms with Crippen molar-refractivity contribution in [2.24, 2.45) is 0 Å². The van der Waals surface area contributed by atoms with Gasteiger partial charge in [-0.3, -0.25) is 4.79 Å². The zero-order valence-electron chi connectivity index (χ0n) is 11.7. The molecule has 0 bridgehead atoms. The first-order valence-electron chi connectivity index (χ1n) is 6.76. The lowest BCUT2D eigenvalue weighted by atomic mass is 9.98. The zero-order valence-corrected chi connectivity index (χ0v) is 11.7. The van der Waals surface area contributed by atoms with Crippen molar-refractivity contribution < 1.29 is 19.1 Å². The average Bonchev–Trinajstić information content (AvgIpc) is 2.76. The lowest BCUT2D eigenvalue weighted by molar-refractivity contribution is -0.151. The maximum atomic E-state index is 12.0. The van der Waals surface area contributed by atoms with Gasteiger partial charge in [0.25, 0.3) is 0 Å². The Balaban J connectivity index is 1.79. The number of para-hydroxylation sites is 1. The van der Waals surface area contributed by atoms with Crippen LogP contribution in [0.25, 0.3) is 0 Å². The van der Waals surface area contributed by atoms with E-state index >= 15 is 0 Å². The van der Waals surface area contributed by atoms with Gasteiger partial charge in [0.2, 0.25) is 12.0 Å². The third kappa shape index (κ3) is 3.29. The Morgan fingerprint density at radius 3 is 2.80 bits per heavy atom. The predicted octanol–water partition coefficient (Wildman–Crippen LogP) is 1.62. The molecule has 2 atom stereocenters. The van der Waals surface area contributed by atoms with Crippen LogP contribution in [0.2, 0.25) is 0 Å². The number of fused-ring (bicyclic) bond motifs is 1. The zero-order chi connectivity index (χ0) is 14.5. The molecular formula is C15H19NO4. The van der Waals surface area contributed by atoms with Crippen LogP contribution in [0, 0.1) is 0 Å². The molecule has 1 N–H and O–H groups in total. The number of hydrogen-bond donors (Lipinski definition) is 1. The molecular weight excluding hydrogens is 258 g/mol. The number of carbonyl (C=O) groups excluding carboxylic acids is 2. The van der Waals surface area contributed by atoms with Crippen LogP contribution in [-0.4, -0.2) is 31.1 Å². The Morgan fingerprint density at radius 2 is 2.10 bits per heavy atom. The first-order valence-corrected chi connectivity index (χ1v) is 6.76. The smallest absolute Gasteiger partial charge is 0.347 e. The highest BCUT2D eigenvalue weighted by molar-refractivity contribution is 5.78. The molecule has 5 nitrogen and oxygen atoms in total. The molecule has 0 aromatic heterocycles. The van der Waals surface area contributed by atoms with Gasteiger partial charge in [0, 0.05) is 24.9 Å². The molecule has 0 saturated carbocycles. The molecule has 1 aromatic rings. The van der Waals surface area contributed by atoms with E-state index in [1.165, 1.54) is 6.92 Å². The summed E-state index contributed by atoms with van der Waals surface area (Å²) in [6, 6.07) is 7.63. The van der Waals surface area contributed by atoms with E-state index in [4.69, 9.17) is 9.47 Å². The molecule has 2 unspecified atom stereocenters. The molecule has 2 rings (SSSR count). The summed E-state index contributed by atoms with van der Waals surface area (Å²) in [5.41, 5.74) is 1.03. The maximum Gasteiger partial charge on any atom is 0.347 e. The lowest BCUT2D eigenvalue weighted by Crippen LogP contribution is -2.31. The minimum atomic E-state index is -0.576. The highest BCUT2D eigenvalue weighted by Crippen LogP contribution is 2.37. The number of ether oxygens (including phenoxy) is 2. The van der Waals surface area contributed by atoms with Crippen LogP contribution in [0.4, 0.5) is 0 Å². The summed E-state index contributed by atoms with van der Waals surface area (Å²) in [6.45, 7) is 4.19. The number of esters is 1.